The Balaban J connectivity index is 1.51. The molecule has 3 N–H and O–H groups in total. The molecule has 3 aromatic carbocycles. The van der Waals surface area contributed by atoms with Gasteiger partial charge in [-0.3, -0.25) is 10.1 Å². The first kappa shape index (κ1) is 27.4. The van der Waals surface area contributed by atoms with Crippen LogP contribution >= 0.6 is 0 Å². The van der Waals surface area contributed by atoms with Crippen molar-refractivity contribution >= 4 is 41.2 Å². The minimum atomic E-state index is -0.934. The van der Waals surface area contributed by atoms with Crippen LogP contribution in [0, 0.1) is 6.92 Å². The summed E-state index contributed by atoms with van der Waals surface area (Å²) in [5, 5.41) is 14.9. The fourth-order valence-electron chi connectivity index (χ4n) is 4.73. The Morgan fingerprint density at radius 3 is 2.61 bits per heavy atom. The van der Waals surface area contributed by atoms with Crippen LogP contribution in [-0.4, -0.2) is 52.3 Å². The number of aromatic nitrogens is 3. The average molecular weight is 554 g/mol. The van der Waals surface area contributed by atoms with Crippen LogP contribution in [-0.2, 0) is 17.8 Å². The van der Waals surface area contributed by atoms with Gasteiger partial charge >= 0.3 is 12.0 Å². The molecule has 41 heavy (non-hydrogen) atoms. The molecule has 0 saturated carbocycles. The first-order chi connectivity index (χ1) is 19.9. The number of nitrogens with zero attached hydrogens (tertiary/aromatic N) is 5. The Morgan fingerprint density at radius 2 is 1.80 bits per heavy atom. The maximum Gasteiger partial charge on any atom is 0.326 e. The normalized spacial score (nSPS) is 12.0. The molecular weight excluding hydrogens is 522 g/mol. The maximum atomic E-state index is 13.0. The molecule has 4 aromatic rings. The minimum absolute atomic E-state index is 0.0337. The number of urea groups is 1. The smallest absolute Gasteiger partial charge is 0.326 e. The van der Waals surface area contributed by atoms with Crippen LogP contribution in [0.4, 0.5) is 34.0 Å². The van der Waals surface area contributed by atoms with Crippen LogP contribution in [0.2, 0.25) is 0 Å². The topological polar surface area (TPSA) is 133 Å². The molecule has 0 atom stereocenters. The van der Waals surface area contributed by atoms with E-state index in [0.717, 1.165) is 23.2 Å². The van der Waals surface area contributed by atoms with E-state index in [1.807, 2.05) is 54.3 Å². The van der Waals surface area contributed by atoms with Crippen LogP contribution in [0.25, 0.3) is 0 Å². The predicted molar refractivity (Wildman–Crippen MR) is 157 cm³/mol. The molecule has 0 saturated heterocycles. The number of anilines is 5. The quantitative estimate of drug-likeness (QED) is 0.248. The number of hydrogen-bond donors (Lipinski definition) is 3. The van der Waals surface area contributed by atoms with E-state index in [1.54, 1.807) is 29.2 Å². The Morgan fingerprint density at radius 1 is 1.00 bits per heavy atom. The molecule has 2 amide bonds. The van der Waals surface area contributed by atoms with Gasteiger partial charge in [-0.1, -0.05) is 60.2 Å². The first-order valence-corrected chi connectivity index (χ1v) is 13.2. The summed E-state index contributed by atoms with van der Waals surface area (Å²) in [5.41, 5.74) is 4.69. The van der Waals surface area contributed by atoms with Gasteiger partial charge in [0.15, 0.2) is 0 Å². The molecule has 1 aliphatic rings. The largest absolute Gasteiger partial charge is 0.495 e. The number of ether oxygens (including phenoxy) is 1. The average Bonchev–Trinajstić information content (AvgIpc) is 3.39. The van der Waals surface area contributed by atoms with Crippen molar-refractivity contribution in [3.63, 3.8) is 0 Å². The molecule has 210 valence electrons. The van der Waals surface area contributed by atoms with Crippen LogP contribution < -0.4 is 25.2 Å². The molecule has 0 fully saturated rings. The molecule has 0 radical (unpaired) electrons. The lowest BCUT2D eigenvalue weighted by Gasteiger charge is -2.25. The first-order valence-electron chi connectivity index (χ1n) is 13.2. The predicted octanol–water partition coefficient (Wildman–Crippen LogP) is 5.01. The number of hydrogen-bond acceptors (Lipinski definition) is 8. The highest BCUT2D eigenvalue weighted by atomic mass is 16.5. The standard InChI is InChI=1S/C30H31N7O4/c1-20-8-7-9-21(18-20)19-36(16-15-26(38)39)28-32-27(34-30(40)31-23-11-4-6-13-25(23)41-2)33-29(35-28)37-17-14-22-10-3-5-12-24(22)37/h3-13,18H,14-17,19H2,1-2H3,(H,38,39)(H2,31,32,33,34,35,40). The SMILES string of the molecule is COc1ccccc1NC(=O)Nc1nc(N(CCC(=O)O)Cc2cccc(C)c2)nc(N2CCc3ccccc32)n1. The Bertz CT molecular complexity index is 1560. The second-order valence-corrected chi connectivity index (χ2v) is 9.62. The fraction of sp³-hybridized carbons (Fsp3) is 0.233. The van der Waals surface area contributed by atoms with Gasteiger partial charge < -0.3 is 25.0 Å². The van der Waals surface area contributed by atoms with Gasteiger partial charge in [0.05, 0.1) is 19.2 Å². The maximum absolute atomic E-state index is 13.0. The lowest BCUT2D eigenvalue weighted by atomic mass is 10.1. The molecule has 0 unspecified atom stereocenters. The highest BCUT2D eigenvalue weighted by molar-refractivity contribution is 5.99. The van der Waals surface area contributed by atoms with E-state index in [4.69, 9.17) is 9.72 Å². The van der Waals surface area contributed by atoms with Gasteiger partial charge in [-0.15, -0.1) is 0 Å². The number of fused-ring (bicyclic) bond motifs is 1. The number of benzene rings is 3. The molecule has 5 rings (SSSR count). The van der Waals surface area contributed by atoms with Gasteiger partial charge in [-0.25, -0.2) is 4.79 Å². The lowest BCUT2D eigenvalue weighted by molar-refractivity contribution is -0.136. The van der Waals surface area contributed by atoms with E-state index >= 15 is 0 Å². The van der Waals surface area contributed by atoms with Gasteiger partial charge in [-0.2, -0.15) is 15.0 Å². The number of nitrogens with one attached hydrogen (secondary N) is 2. The number of carbonyl (C=O) groups excluding carboxylic acids is 1. The van der Waals surface area contributed by atoms with E-state index < -0.39 is 12.0 Å². The van der Waals surface area contributed by atoms with Crippen molar-refractivity contribution in [1.82, 2.24) is 15.0 Å². The Hall–Kier alpha value is -5.19. The Labute approximate surface area is 237 Å². The van der Waals surface area contributed by atoms with E-state index in [-0.39, 0.29) is 24.9 Å². The van der Waals surface area contributed by atoms with Crippen molar-refractivity contribution in [3.05, 3.63) is 89.5 Å². The molecule has 11 heteroatoms. The van der Waals surface area contributed by atoms with Crippen LogP contribution in [0.15, 0.2) is 72.8 Å². The molecule has 0 aliphatic carbocycles. The summed E-state index contributed by atoms with van der Waals surface area (Å²) in [6.07, 6.45) is 0.705. The molecule has 1 aliphatic heterocycles. The van der Waals surface area contributed by atoms with Crippen molar-refractivity contribution in [1.29, 1.82) is 0 Å². The van der Waals surface area contributed by atoms with Gasteiger partial charge in [0.2, 0.25) is 17.8 Å². The number of amides is 2. The van der Waals surface area contributed by atoms with Gasteiger partial charge in [-0.05, 0) is 42.7 Å². The highest BCUT2D eigenvalue weighted by Gasteiger charge is 2.25. The van der Waals surface area contributed by atoms with E-state index in [2.05, 4.69) is 26.7 Å². The highest BCUT2D eigenvalue weighted by Crippen LogP contribution is 2.33. The minimum Gasteiger partial charge on any atom is -0.495 e. The fourth-order valence-corrected chi connectivity index (χ4v) is 4.73. The summed E-state index contributed by atoms with van der Waals surface area (Å²) >= 11 is 0. The summed E-state index contributed by atoms with van der Waals surface area (Å²) in [5.74, 6) is 0.223. The molecule has 0 spiro atoms. The summed E-state index contributed by atoms with van der Waals surface area (Å²) in [7, 11) is 1.52. The van der Waals surface area contributed by atoms with E-state index in [9.17, 15) is 14.7 Å². The van der Waals surface area contributed by atoms with Crippen molar-refractivity contribution in [2.75, 3.05) is 40.6 Å². The summed E-state index contributed by atoms with van der Waals surface area (Å²) in [4.78, 5) is 42.3. The van der Waals surface area contributed by atoms with E-state index in [1.165, 1.54) is 12.7 Å². The van der Waals surface area contributed by atoms with Crippen LogP contribution in [0.1, 0.15) is 23.1 Å². The zero-order chi connectivity index (χ0) is 28.8. The third kappa shape index (κ3) is 6.70. The number of aryl methyl sites for hydroxylation is 1. The van der Waals surface area contributed by atoms with Gasteiger partial charge in [0.25, 0.3) is 0 Å². The Kier molecular flexibility index (Phi) is 8.23. The molecular formula is C30H31N7O4. The van der Waals surface area contributed by atoms with E-state index in [0.29, 0.717) is 30.5 Å². The monoisotopic (exact) mass is 553 g/mol. The lowest BCUT2D eigenvalue weighted by Crippen LogP contribution is -2.30. The summed E-state index contributed by atoms with van der Waals surface area (Å²) < 4.78 is 5.33. The van der Waals surface area contributed by atoms with Gasteiger partial charge in [0.1, 0.15) is 5.75 Å². The number of rotatable bonds is 10. The number of carbonyl (C=O) groups is 2. The second kappa shape index (κ2) is 12.3. The molecule has 11 nitrogen and oxygen atoms in total. The van der Waals surface area contributed by atoms with Crippen molar-refractivity contribution < 1.29 is 19.4 Å². The third-order valence-electron chi connectivity index (χ3n) is 6.66. The molecule has 0 bridgehead atoms. The summed E-state index contributed by atoms with van der Waals surface area (Å²) in [6, 6.07) is 22.5. The number of para-hydroxylation sites is 3. The van der Waals surface area contributed by atoms with Crippen LogP contribution in [0.5, 0.6) is 5.75 Å². The van der Waals surface area contributed by atoms with Gasteiger partial charge in [0, 0.05) is 25.3 Å². The van der Waals surface area contributed by atoms with Crippen molar-refractivity contribution in [3.8, 4) is 5.75 Å². The zero-order valence-corrected chi connectivity index (χ0v) is 22.9. The van der Waals surface area contributed by atoms with Crippen LogP contribution in [0.3, 0.4) is 0 Å². The second-order valence-electron chi connectivity index (χ2n) is 9.62. The molecule has 1 aromatic heterocycles. The number of aliphatic carboxylic acids is 1. The zero-order valence-electron chi connectivity index (χ0n) is 22.9. The summed E-state index contributed by atoms with van der Waals surface area (Å²) in [6.45, 7) is 3.19. The van der Waals surface area contributed by atoms with Crippen molar-refractivity contribution in [2.24, 2.45) is 0 Å². The van der Waals surface area contributed by atoms with Crippen molar-refractivity contribution in [2.45, 2.75) is 26.3 Å². The molecule has 2 heterocycles. The number of carboxylic acid groups (broad SMARTS) is 1. The number of carboxylic acids is 1. The third-order valence-corrected chi connectivity index (χ3v) is 6.66. The number of methoxy groups -OCH3 is 1.